The van der Waals surface area contributed by atoms with Crippen LogP contribution in [0.2, 0.25) is 5.02 Å². The molecule has 3 aromatic rings. The number of rotatable bonds is 5. The van der Waals surface area contributed by atoms with Crippen LogP contribution in [-0.4, -0.2) is 30.5 Å². The van der Waals surface area contributed by atoms with Gasteiger partial charge in [-0.3, -0.25) is 14.8 Å². The third kappa shape index (κ3) is 3.85. The first kappa shape index (κ1) is 17.1. The van der Waals surface area contributed by atoms with Crippen molar-refractivity contribution >= 4 is 23.5 Å². The maximum Gasteiger partial charge on any atom is 0.251 e. The van der Waals surface area contributed by atoms with Gasteiger partial charge in [0, 0.05) is 16.8 Å². The first-order valence-electron chi connectivity index (χ1n) is 7.59. The molecule has 0 aliphatic rings. The third-order valence-electron chi connectivity index (χ3n) is 3.67. The lowest BCUT2D eigenvalue weighted by Crippen LogP contribution is -2.24. The number of amides is 1. The topological polar surface area (TPSA) is 77.6 Å². The monoisotopic (exact) mass is 362 g/mol. The minimum absolute atomic E-state index is 0.113. The number of benzene rings is 1. The molecule has 0 spiro atoms. The summed E-state index contributed by atoms with van der Waals surface area (Å²) in [6, 6.07) is 5.77. The van der Waals surface area contributed by atoms with Crippen molar-refractivity contribution < 1.29 is 9.18 Å². The van der Waals surface area contributed by atoms with Crippen molar-refractivity contribution in [1.82, 2.24) is 24.5 Å². The molecule has 1 aromatic carbocycles. The van der Waals surface area contributed by atoms with Crippen LogP contribution in [0.25, 0.3) is 0 Å². The lowest BCUT2D eigenvalue weighted by Gasteiger charge is -2.10. The molecule has 2 heterocycles. The van der Waals surface area contributed by atoms with Gasteiger partial charge in [-0.15, -0.1) is 5.10 Å². The first-order chi connectivity index (χ1) is 11.9. The molecule has 0 bridgehead atoms. The molecule has 0 saturated heterocycles. The Labute approximate surface area is 148 Å². The molecule has 1 amide bonds. The molecule has 7 nitrogen and oxygen atoms in total. The van der Waals surface area contributed by atoms with Gasteiger partial charge in [0.2, 0.25) is 5.95 Å². The fourth-order valence-electron chi connectivity index (χ4n) is 2.26. The molecule has 9 heteroatoms. The van der Waals surface area contributed by atoms with Crippen LogP contribution in [0.5, 0.6) is 0 Å². The summed E-state index contributed by atoms with van der Waals surface area (Å²) < 4.78 is 16.8. The van der Waals surface area contributed by atoms with E-state index in [1.54, 1.807) is 23.9 Å². The smallest absolute Gasteiger partial charge is 0.251 e. The van der Waals surface area contributed by atoms with E-state index in [1.807, 2.05) is 13.0 Å². The van der Waals surface area contributed by atoms with Gasteiger partial charge < -0.3 is 0 Å². The highest BCUT2D eigenvalue weighted by Gasteiger charge is 2.17. The van der Waals surface area contributed by atoms with Crippen molar-refractivity contribution in [3.05, 3.63) is 58.9 Å². The van der Waals surface area contributed by atoms with Crippen LogP contribution >= 0.6 is 11.6 Å². The maximum absolute atomic E-state index is 13.8. The summed E-state index contributed by atoms with van der Waals surface area (Å²) in [5.74, 6) is -0.589. The van der Waals surface area contributed by atoms with Gasteiger partial charge in [-0.25, -0.2) is 14.1 Å². The van der Waals surface area contributed by atoms with E-state index in [2.05, 4.69) is 20.5 Å². The summed E-state index contributed by atoms with van der Waals surface area (Å²) in [4.78, 5) is 16.3. The second-order valence-corrected chi connectivity index (χ2v) is 5.98. The highest BCUT2D eigenvalue weighted by Crippen LogP contribution is 2.20. The number of hydrogen-bond acceptors (Lipinski definition) is 4. The Hall–Kier alpha value is -2.74. The van der Waals surface area contributed by atoms with Gasteiger partial charge in [-0.05, 0) is 32.0 Å². The summed E-state index contributed by atoms with van der Waals surface area (Å²) in [5.41, 5.74) is 1.14. The van der Waals surface area contributed by atoms with Gasteiger partial charge in [0.15, 0.2) is 0 Å². The Bertz CT molecular complexity index is 885. The Morgan fingerprint density at radius 1 is 1.36 bits per heavy atom. The van der Waals surface area contributed by atoms with Crippen LogP contribution in [0.15, 0.2) is 36.8 Å². The van der Waals surface area contributed by atoms with Crippen LogP contribution in [0.1, 0.15) is 24.2 Å². The van der Waals surface area contributed by atoms with E-state index in [1.165, 1.54) is 23.1 Å². The average Bonchev–Trinajstić information content (AvgIpc) is 3.19. The Morgan fingerprint density at radius 3 is 2.84 bits per heavy atom. The highest BCUT2D eigenvalue weighted by atomic mass is 35.5. The number of aromatic nitrogens is 5. The second kappa shape index (κ2) is 7.02. The minimum atomic E-state index is -0.512. The van der Waals surface area contributed by atoms with E-state index < -0.39 is 11.9 Å². The van der Waals surface area contributed by atoms with Gasteiger partial charge >= 0.3 is 0 Å². The predicted octanol–water partition coefficient (Wildman–Crippen LogP) is 2.82. The van der Waals surface area contributed by atoms with Crippen molar-refractivity contribution in [2.75, 3.05) is 5.32 Å². The highest BCUT2D eigenvalue weighted by molar-refractivity contribution is 6.31. The zero-order valence-corrected chi connectivity index (χ0v) is 14.4. The summed E-state index contributed by atoms with van der Waals surface area (Å²) in [6.07, 6.45) is 3.13. The predicted molar refractivity (Wildman–Crippen MR) is 90.8 cm³/mol. The number of carbonyl (C=O) groups is 1. The van der Waals surface area contributed by atoms with Crippen LogP contribution in [0.4, 0.5) is 10.3 Å². The molecule has 3 rings (SSSR count). The molecule has 130 valence electrons. The standard InChI is InChI=1S/C16H16ClFN6O/c1-10-6-7-24(21-10)11(2)15(25)20-16-19-9-23(22-16)8-12-13(17)4-3-5-14(12)18/h3-7,9,11H,8H2,1-2H3,(H,20,22,25). The maximum atomic E-state index is 13.8. The lowest BCUT2D eigenvalue weighted by molar-refractivity contribution is -0.119. The number of halogens is 2. The number of carbonyl (C=O) groups excluding carboxylic acids is 1. The SMILES string of the molecule is Cc1ccn(C(C)C(=O)Nc2ncn(Cc3c(F)cccc3Cl)n2)n1. The van der Waals surface area contributed by atoms with Crippen LogP contribution in [0.3, 0.4) is 0 Å². The zero-order chi connectivity index (χ0) is 18.0. The summed E-state index contributed by atoms with van der Waals surface area (Å²) >= 11 is 6.00. The first-order valence-corrected chi connectivity index (χ1v) is 7.97. The van der Waals surface area contributed by atoms with Crippen molar-refractivity contribution in [3.63, 3.8) is 0 Å². The Kier molecular flexibility index (Phi) is 4.80. The van der Waals surface area contributed by atoms with Crippen LogP contribution in [0, 0.1) is 12.7 Å². The lowest BCUT2D eigenvalue weighted by atomic mass is 10.2. The molecule has 1 atom stereocenters. The molecule has 1 N–H and O–H groups in total. The number of nitrogens with zero attached hydrogens (tertiary/aromatic N) is 5. The third-order valence-corrected chi connectivity index (χ3v) is 4.03. The van der Waals surface area contributed by atoms with E-state index in [0.29, 0.717) is 10.6 Å². The number of nitrogens with one attached hydrogen (secondary N) is 1. The molecule has 2 aromatic heterocycles. The normalized spacial score (nSPS) is 12.2. The number of hydrogen-bond donors (Lipinski definition) is 1. The molecule has 1 unspecified atom stereocenters. The van der Waals surface area contributed by atoms with Gasteiger partial charge in [-0.1, -0.05) is 17.7 Å². The summed E-state index contributed by atoms with van der Waals surface area (Å²) in [5, 5.41) is 11.3. The van der Waals surface area contributed by atoms with Crippen molar-refractivity contribution in [2.45, 2.75) is 26.4 Å². The largest absolute Gasteiger partial charge is 0.291 e. The molecule has 0 fully saturated rings. The molecule has 0 aliphatic carbocycles. The van der Waals surface area contributed by atoms with Crippen LogP contribution < -0.4 is 5.32 Å². The van der Waals surface area contributed by atoms with Crippen molar-refractivity contribution in [3.8, 4) is 0 Å². The Balaban J connectivity index is 1.68. The minimum Gasteiger partial charge on any atom is -0.291 e. The van der Waals surface area contributed by atoms with Crippen molar-refractivity contribution in [2.24, 2.45) is 0 Å². The van der Waals surface area contributed by atoms with E-state index in [4.69, 9.17) is 11.6 Å². The molecule has 0 aliphatic heterocycles. The van der Waals surface area contributed by atoms with Crippen molar-refractivity contribution in [1.29, 1.82) is 0 Å². The second-order valence-electron chi connectivity index (χ2n) is 5.57. The van der Waals surface area contributed by atoms with E-state index >= 15 is 0 Å². The zero-order valence-electron chi connectivity index (χ0n) is 13.6. The van der Waals surface area contributed by atoms with Gasteiger partial charge in [0.1, 0.15) is 18.2 Å². The van der Waals surface area contributed by atoms with Gasteiger partial charge in [-0.2, -0.15) is 5.10 Å². The number of anilines is 1. The fourth-order valence-corrected chi connectivity index (χ4v) is 2.48. The summed E-state index contributed by atoms with van der Waals surface area (Å²) in [6.45, 7) is 3.68. The average molecular weight is 363 g/mol. The van der Waals surface area contributed by atoms with E-state index in [-0.39, 0.29) is 18.4 Å². The van der Waals surface area contributed by atoms with Gasteiger partial charge in [0.05, 0.1) is 12.2 Å². The molecule has 0 radical (unpaired) electrons. The molecule has 0 saturated carbocycles. The fraction of sp³-hybridized carbons (Fsp3) is 0.250. The van der Waals surface area contributed by atoms with E-state index in [9.17, 15) is 9.18 Å². The van der Waals surface area contributed by atoms with E-state index in [0.717, 1.165) is 5.69 Å². The molecular formula is C16H16ClFN6O. The van der Waals surface area contributed by atoms with Gasteiger partial charge in [0.25, 0.3) is 5.91 Å². The van der Waals surface area contributed by atoms with Crippen LogP contribution in [-0.2, 0) is 11.3 Å². The molecular weight excluding hydrogens is 347 g/mol. The summed E-state index contributed by atoms with van der Waals surface area (Å²) in [7, 11) is 0. The number of aryl methyl sites for hydroxylation is 1. The quantitative estimate of drug-likeness (QED) is 0.757. The Morgan fingerprint density at radius 2 is 2.16 bits per heavy atom. The molecule has 25 heavy (non-hydrogen) atoms.